The number of nitrogens with zero attached hydrogens (tertiary/aromatic N) is 3. The van der Waals surface area contributed by atoms with Gasteiger partial charge in [0.05, 0.1) is 23.1 Å². The summed E-state index contributed by atoms with van der Waals surface area (Å²) in [7, 11) is 2.00. The van der Waals surface area contributed by atoms with Gasteiger partial charge in [-0.3, -0.25) is 14.7 Å². The van der Waals surface area contributed by atoms with Crippen LogP contribution < -0.4 is 5.32 Å². The number of nitrogens with one attached hydrogen (secondary N) is 1. The average Bonchev–Trinajstić information content (AvgIpc) is 2.66. The van der Waals surface area contributed by atoms with Gasteiger partial charge in [0.2, 0.25) is 0 Å². The van der Waals surface area contributed by atoms with Crippen LogP contribution in [0.5, 0.6) is 0 Å². The molecule has 0 bridgehead atoms. The largest absolute Gasteiger partial charge is 0.416 e. The van der Waals surface area contributed by atoms with E-state index in [1.807, 2.05) is 18.9 Å². The topological polar surface area (TPSA) is 48.5 Å². The van der Waals surface area contributed by atoms with Crippen molar-refractivity contribution in [2.24, 2.45) is 0 Å². The molecule has 0 unspecified atom stereocenters. The highest BCUT2D eigenvalue weighted by Gasteiger charge is 2.34. The summed E-state index contributed by atoms with van der Waals surface area (Å²) >= 11 is 2.09. The predicted molar refractivity (Wildman–Crippen MR) is 114 cm³/mol. The van der Waals surface area contributed by atoms with Gasteiger partial charge < -0.3 is 10.2 Å². The van der Waals surface area contributed by atoms with Crippen LogP contribution in [0.1, 0.15) is 27.2 Å². The number of hydrogen-bond donors (Lipinski definition) is 1. The van der Waals surface area contributed by atoms with Gasteiger partial charge in [0, 0.05) is 41.9 Å². The van der Waals surface area contributed by atoms with Gasteiger partial charge in [-0.2, -0.15) is 13.2 Å². The number of hydrogen-bond acceptors (Lipinski definition) is 4. The first kappa shape index (κ1) is 22.0. The van der Waals surface area contributed by atoms with E-state index < -0.39 is 17.6 Å². The number of aromatic nitrogens is 1. The van der Waals surface area contributed by atoms with E-state index in [4.69, 9.17) is 0 Å². The quantitative estimate of drug-likeness (QED) is 0.622. The number of anilines is 1. The highest BCUT2D eigenvalue weighted by Crippen LogP contribution is 2.33. The van der Waals surface area contributed by atoms with Crippen LogP contribution >= 0.6 is 22.6 Å². The van der Waals surface area contributed by atoms with E-state index in [0.717, 1.165) is 41.5 Å². The van der Waals surface area contributed by atoms with Gasteiger partial charge in [0.1, 0.15) is 0 Å². The van der Waals surface area contributed by atoms with Gasteiger partial charge in [-0.1, -0.05) is 6.07 Å². The zero-order valence-corrected chi connectivity index (χ0v) is 18.3. The van der Waals surface area contributed by atoms with Gasteiger partial charge in [-0.25, -0.2) is 0 Å². The Balaban J connectivity index is 1.81. The first-order valence-corrected chi connectivity index (χ1v) is 10.3. The first-order chi connectivity index (χ1) is 13.6. The maximum atomic E-state index is 13.7. The number of piperazine rings is 1. The molecule has 9 heteroatoms. The smallest absolute Gasteiger partial charge is 0.321 e. The molecule has 0 aliphatic carbocycles. The maximum absolute atomic E-state index is 13.7. The fourth-order valence-corrected chi connectivity index (χ4v) is 3.62. The molecule has 1 saturated heterocycles. The lowest BCUT2D eigenvalue weighted by Gasteiger charge is -2.33. The van der Waals surface area contributed by atoms with E-state index in [9.17, 15) is 18.0 Å². The van der Waals surface area contributed by atoms with E-state index in [1.54, 1.807) is 6.07 Å². The Morgan fingerprint density at radius 2 is 1.90 bits per heavy atom. The lowest BCUT2D eigenvalue weighted by atomic mass is 10.0. The van der Waals surface area contributed by atoms with Crippen LogP contribution in [0.25, 0.3) is 0 Å². The van der Waals surface area contributed by atoms with Crippen molar-refractivity contribution in [1.29, 1.82) is 0 Å². The number of carbonyl (C=O) groups excluding carboxylic acids is 1. The molecule has 1 aromatic heterocycles. The molecule has 1 aliphatic heterocycles. The average molecular weight is 518 g/mol. The van der Waals surface area contributed by atoms with E-state index >= 15 is 0 Å². The molecule has 0 radical (unpaired) electrons. The van der Waals surface area contributed by atoms with Crippen molar-refractivity contribution in [2.45, 2.75) is 19.6 Å². The Bertz CT molecular complexity index is 896. The van der Waals surface area contributed by atoms with Gasteiger partial charge in [0.25, 0.3) is 5.91 Å². The molecule has 1 aromatic carbocycles. The third-order valence-corrected chi connectivity index (χ3v) is 6.04. The molecular weight excluding hydrogens is 496 g/mol. The highest BCUT2D eigenvalue weighted by atomic mass is 127. The number of likely N-dealkylation sites (N-methyl/N-ethyl adjacent to an activating group) is 1. The van der Waals surface area contributed by atoms with Crippen LogP contribution in [0.3, 0.4) is 0 Å². The number of alkyl halides is 3. The summed E-state index contributed by atoms with van der Waals surface area (Å²) in [5.41, 5.74) is 0.650. The second-order valence-corrected chi connectivity index (χ2v) is 8.36. The molecule has 1 fully saturated rings. The molecule has 3 rings (SSSR count). The second-order valence-electron chi connectivity index (χ2n) is 7.19. The molecule has 1 aliphatic rings. The summed E-state index contributed by atoms with van der Waals surface area (Å²) < 4.78 is 41.8. The van der Waals surface area contributed by atoms with E-state index in [1.165, 1.54) is 18.3 Å². The molecule has 29 heavy (non-hydrogen) atoms. The summed E-state index contributed by atoms with van der Waals surface area (Å²) in [6, 6.07) is 5.52. The van der Waals surface area contributed by atoms with Crippen molar-refractivity contribution < 1.29 is 18.0 Å². The maximum Gasteiger partial charge on any atom is 0.416 e. The molecule has 5 nitrogen and oxygen atoms in total. The zero-order valence-electron chi connectivity index (χ0n) is 16.2. The summed E-state index contributed by atoms with van der Waals surface area (Å²) in [5.74, 6) is -0.594. The number of pyridine rings is 1. The molecule has 2 aromatic rings. The monoisotopic (exact) mass is 518 g/mol. The van der Waals surface area contributed by atoms with Crippen molar-refractivity contribution in [3.63, 3.8) is 0 Å². The molecule has 1 amide bonds. The normalized spacial score (nSPS) is 16.1. The van der Waals surface area contributed by atoms with Gasteiger partial charge in [-0.15, -0.1) is 0 Å². The van der Waals surface area contributed by atoms with Crippen molar-refractivity contribution in [1.82, 2.24) is 14.8 Å². The molecule has 2 heterocycles. The van der Waals surface area contributed by atoms with Crippen molar-refractivity contribution >= 4 is 34.2 Å². The SMILES string of the molecule is Cc1ncc(NC(=O)c2ccc(CN3CCN(C)CC3)c(C(F)(F)F)c2)cc1I. The second kappa shape index (κ2) is 8.97. The number of halogens is 4. The van der Waals surface area contributed by atoms with Crippen LogP contribution in [0.2, 0.25) is 0 Å². The number of rotatable bonds is 4. The van der Waals surface area contributed by atoms with Crippen LogP contribution in [0, 0.1) is 10.5 Å². The van der Waals surface area contributed by atoms with Crippen molar-refractivity contribution in [3.05, 3.63) is 56.4 Å². The van der Waals surface area contributed by atoms with Crippen LogP contribution in [0.15, 0.2) is 30.5 Å². The van der Waals surface area contributed by atoms with Crippen LogP contribution in [-0.2, 0) is 12.7 Å². The molecule has 1 N–H and O–H groups in total. The van der Waals surface area contributed by atoms with Crippen molar-refractivity contribution in [3.8, 4) is 0 Å². The minimum Gasteiger partial charge on any atom is -0.321 e. The lowest BCUT2D eigenvalue weighted by Crippen LogP contribution is -2.44. The molecule has 0 spiro atoms. The third-order valence-electron chi connectivity index (χ3n) is 4.95. The summed E-state index contributed by atoms with van der Waals surface area (Å²) in [6.07, 6.45) is -3.04. The highest BCUT2D eigenvalue weighted by molar-refractivity contribution is 14.1. The van der Waals surface area contributed by atoms with E-state index in [2.05, 4.69) is 37.8 Å². The minimum absolute atomic E-state index is 0.0324. The Hall–Kier alpha value is -1.72. The number of aryl methyl sites for hydroxylation is 1. The predicted octanol–water partition coefficient (Wildman–Crippen LogP) is 4.01. The molecule has 0 atom stereocenters. The lowest BCUT2D eigenvalue weighted by molar-refractivity contribution is -0.138. The van der Waals surface area contributed by atoms with Gasteiger partial charge >= 0.3 is 6.18 Å². The third kappa shape index (κ3) is 5.67. The Labute approximate surface area is 181 Å². The zero-order chi connectivity index (χ0) is 21.2. The number of benzene rings is 1. The summed E-state index contributed by atoms with van der Waals surface area (Å²) in [4.78, 5) is 20.8. The summed E-state index contributed by atoms with van der Waals surface area (Å²) in [5, 5.41) is 2.62. The number of amides is 1. The first-order valence-electron chi connectivity index (χ1n) is 9.18. The molecular formula is C20H22F3IN4O. The van der Waals surface area contributed by atoms with Gasteiger partial charge in [0.15, 0.2) is 0 Å². The number of carbonyl (C=O) groups is 1. The van der Waals surface area contributed by atoms with E-state index in [0.29, 0.717) is 5.69 Å². The minimum atomic E-state index is -4.53. The summed E-state index contributed by atoms with van der Waals surface area (Å²) in [6.45, 7) is 5.13. The standard InChI is InChI=1S/C20H22F3IN4O/c1-13-18(24)10-16(11-25-13)26-19(29)14-3-4-15(17(9-14)20(21,22)23)12-28-7-5-27(2)6-8-28/h3-4,9-11H,5-8,12H2,1-2H3,(H,26,29). The Kier molecular flexibility index (Phi) is 6.79. The van der Waals surface area contributed by atoms with Crippen LogP contribution in [0.4, 0.5) is 18.9 Å². The Morgan fingerprint density at radius 1 is 1.21 bits per heavy atom. The van der Waals surface area contributed by atoms with Crippen molar-refractivity contribution in [2.75, 3.05) is 38.5 Å². The Morgan fingerprint density at radius 3 is 2.52 bits per heavy atom. The van der Waals surface area contributed by atoms with Gasteiger partial charge in [-0.05, 0) is 60.3 Å². The van der Waals surface area contributed by atoms with Crippen LogP contribution in [-0.4, -0.2) is 53.9 Å². The fourth-order valence-electron chi connectivity index (χ4n) is 3.14. The molecule has 156 valence electrons. The molecule has 0 saturated carbocycles. The van der Waals surface area contributed by atoms with E-state index in [-0.39, 0.29) is 17.7 Å². The fraction of sp³-hybridized carbons (Fsp3) is 0.400.